The molecule has 1 aromatic carbocycles. The highest BCUT2D eigenvalue weighted by Gasteiger charge is 2.44. The number of carbonyl (C=O) groups excluding carboxylic acids is 2. The number of piperidine rings is 1. The predicted molar refractivity (Wildman–Crippen MR) is 117 cm³/mol. The lowest BCUT2D eigenvalue weighted by atomic mass is 9.80. The van der Waals surface area contributed by atoms with Crippen molar-refractivity contribution in [3.05, 3.63) is 62.5 Å². The second-order valence-corrected chi connectivity index (χ2v) is 8.73. The van der Waals surface area contributed by atoms with E-state index in [1.54, 1.807) is 24.0 Å². The molecule has 9 heteroatoms. The molecule has 1 spiro atoms. The molecule has 2 amide bonds. The number of hydrogen-bond acceptors (Lipinski definition) is 5. The lowest BCUT2D eigenvalue weighted by Gasteiger charge is -2.46. The van der Waals surface area contributed by atoms with Crippen LogP contribution in [0.5, 0.6) is 5.75 Å². The summed E-state index contributed by atoms with van der Waals surface area (Å²) in [5.74, 6) is 0.362. The summed E-state index contributed by atoms with van der Waals surface area (Å²) < 4.78 is 12.4. The lowest BCUT2D eigenvalue weighted by molar-refractivity contribution is -0.0233. The van der Waals surface area contributed by atoms with Gasteiger partial charge in [0.15, 0.2) is 0 Å². The number of aromatic nitrogens is 1. The largest absolute Gasteiger partial charge is 0.487 e. The maximum Gasteiger partial charge on any atom is 0.409 e. The maximum absolute atomic E-state index is 12.8. The summed E-state index contributed by atoms with van der Waals surface area (Å²) in [4.78, 5) is 40.8. The van der Waals surface area contributed by atoms with Gasteiger partial charge in [-0.2, -0.15) is 0 Å². The van der Waals surface area contributed by atoms with Crippen molar-refractivity contribution < 1.29 is 19.1 Å². The van der Waals surface area contributed by atoms with Crippen LogP contribution in [0.4, 0.5) is 4.79 Å². The molecule has 31 heavy (non-hydrogen) atoms. The summed E-state index contributed by atoms with van der Waals surface area (Å²) in [6, 6.07) is 9.92. The average Bonchev–Trinajstić information content (AvgIpc) is 2.75. The quantitative estimate of drug-likeness (QED) is 0.687. The molecule has 1 fully saturated rings. The smallest absolute Gasteiger partial charge is 0.409 e. The number of fused-ring (bicyclic) bond motifs is 1. The van der Waals surface area contributed by atoms with Gasteiger partial charge in [0, 0.05) is 48.5 Å². The average molecular weight is 490 g/mol. The molecule has 2 aliphatic rings. The Bertz CT molecular complexity index is 1050. The van der Waals surface area contributed by atoms with E-state index in [1.807, 2.05) is 18.2 Å². The summed E-state index contributed by atoms with van der Waals surface area (Å²) in [5.41, 5.74) is 0.262. The van der Waals surface area contributed by atoms with E-state index in [-0.39, 0.29) is 29.3 Å². The van der Waals surface area contributed by atoms with E-state index in [2.05, 4.69) is 26.2 Å². The number of amides is 2. The minimum Gasteiger partial charge on any atom is -0.487 e. The first-order valence-electron chi connectivity index (χ1n) is 10.3. The minimum atomic E-state index is -0.494. The van der Waals surface area contributed by atoms with E-state index in [0.717, 1.165) is 10.0 Å². The van der Waals surface area contributed by atoms with Crippen molar-refractivity contribution in [2.75, 3.05) is 19.7 Å². The van der Waals surface area contributed by atoms with Crippen LogP contribution in [0, 0.1) is 0 Å². The number of hydrogen-bond donors (Lipinski definition) is 2. The first-order valence-corrected chi connectivity index (χ1v) is 11.1. The van der Waals surface area contributed by atoms with Crippen LogP contribution in [0.1, 0.15) is 48.3 Å². The highest BCUT2D eigenvalue weighted by atomic mass is 79.9. The van der Waals surface area contributed by atoms with Crippen LogP contribution in [-0.4, -0.2) is 47.2 Å². The first-order chi connectivity index (χ1) is 14.9. The standard InChI is InChI=1S/C22H24BrN3O5/c1-2-30-21(29)26-10-8-22(9-11-26)13-17(15-12-14(23)6-7-18(15)31-22)25-20(28)16-4-3-5-19(27)24-16/h3-7,12,17H,2,8-11,13H2,1H3,(H,24,27)(H,25,28). The Morgan fingerprint density at radius 3 is 2.77 bits per heavy atom. The van der Waals surface area contributed by atoms with Crippen molar-refractivity contribution in [1.82, 2.24) is 15.2 Å². The Morgan fingerprint density at radius 2 is 2.06 bits per heavy atom. The number of benzene rings is 1. The van der Waals surface area contributed by atoms with Crippen LogP contribution in [0.3, 0.4) is 0 Å². The van der Waals surface area contributed by atoms with Gasteiger partial charge in [0.2, 0.25) is 5.56 Å². The van der Waals surface area contributed by atoms with E-state index < -0.39 is 5.60 Å². The van der Waals surface area contributed by atoms with Crippen LogP contribution < -0.4 is 15.6 Å². The first kappa shape index (κ1) is 21.4. The molecule has 2 aliphatic heterocycles. The number of nitrogens with zero attached hydrogens (tertiary/aromatic N) is 1. The number of halogens is 1. The molecular formula is C22H24BrN3O5. The van der Waals surface area contributed by atoms with Gasteiger partial charge >= 0.3 is 6.09 Å². The Hall–Kier alpha value is -2.81. The van der Waals surface area contributed by atoms with E-state index in [1.165, 1.54) is 6.07 Å². The molecular weight excluding hydrogens is 466 g/mol. The Kier molecular flexibility index (Phi) is 6.04. The number of carbonyl (C=O) groups is 2. The Labute approximate surface area is 188 Å². The van der Waals surface area contributed by atoms with Gasteiger partial charge in [-0.25, -0.2) is 4.79 Å². The minimum absolute atomic E-state index is 0.210. The van der Waals surface area contributed by atoms with Gasteiger partial charge in [-0.15, -0.1) is 0 Å². The number of aromatic amines is 1. The third-order valence-electron chi connectivity index (χ3n) is 5.77. The topological polar surface area (TPSA) is 101 Å². The van der Waals surface area contributed by atoms with Gasteiger partial charge < -0.3 is 24.7 Å². The number of ether oxygens (including phenoxy) is 2. The molecule has 0 saturated carbocycles. The predicted octanol–water partition coefficient (Wildman–Crippen LogP) is 3.38. The van der Waals surface area contributed by atoms with Crippen LogP contribution in [0.15, 0.2) is 45.7 Å². The van der Waals surface area contributed by atoms with E-state index in [4.69, 9.17) is 9.47 Å². The van der Waals surface area contributed by atoms with Crippen LogP contribution in [0.25, 0.3) is 0 Å². The molecule has 0 aliphatic carbocycles. The van der Waals surface area contributed by atoms with Gasteiger partial charge in [0.1, 0.15) is 17.0 Å². The summed E-state index contributed by atoms with van der Waals surface area (Å²) in [5, 5.41) is 3.06. The molecule has 1 aromatic heterocycles. The zero-order valence-electron chi connectivity index (χ0n) is 17.2. The molecule has 3 heterocycles. The van der Waals surface area contributed by atoms with Crippen LogP contribution in [0.2, 0.25) is 0 Å². The molecule has 2 N–H and O–H groups in total. The van der Waals surface area contributed by atoms with E-state index in [9.17, 15) is 14.4 Å². The molecule has 0 bridgehead atoms. The fourth-order valence-electron chi connectivity index (χ4n) is 4.20. The monoisotopic (exact) mass is 489 g/mol. The summed E-state index contributed by atoms with van der Waals surface area (Å²) in [7, 11) is 0. The summed E-state index contributed by atoms with van der Waals surface area (Å²) in [6.45, 7) is 3.18. The zero-order valence-corrected chi connectivity index (χ0v) is 18.7. The Morgan fingerprint density at radius 1 is 1.29 bits per heavy atom. The van der Waals surface area contributed by atoms with Crippen LogP contribution >= 0.6 is 15.9 Å². The van der Waals surface area contributed by atoms with E-state index in [0.29, 0.717) is 44.7 Å². The second kappa shape index (κ2) is 8.74. The SMILES string of the molecule is CCOC(=O)N1CCC2(CC1)CC(NC(=O)c1cccc(=O)[nH]1)c1cc(Br)ccc1O2. The fraction of sp³-hybridized carbons (Fsp3) is 0.409. The second-order valence-electron chi connectivity index (χ2n) is 7.81. The molecule has 164 valence electrons. The summed E-state index contributed by atoms with van der Waals surface area (Å²) >= 11 is 3.49. The molecule has 1 unspecified atom stereocenters. The van der Waals surface area contributed by atoms with Gasteiger partial charge in [0.05, 0.1) is 12.6 Å². The van der Waals surface area contributed by atoms with Gasteiger partial charge in [-0.1, -0.05) is 22.0 Å². The third kappa shape index (κ3) is 4.61. The Balaban J connectivity index is 1.57. The molecule has 8 nitrogen and oxygen atoms in total. The van der Waals surface area contributed by atoms with Crippen molar-refractivity contribution >= 4 is 27.9 Å². The van der Waals surface area contributed by atoms with Crippen molar-refractivity contribution in [3.8, 4) is 5.75 Å². The van der Waals surface area contributed by atoms with E-state index >= 15 is 0 Å². The van der Waals surface area contributed by atoms with Crippen molar-refractivity contribution in [1.29, 1.82) is 0 Å². The highest BCUT2D eigenvalue weighted by Crippen LogP contribution is 2.45. The fourth-order valence-corrected chi connectivity index (χ4v) is 4.58. The lowest BCUT2D eigenvalue weighted by Crippen LogP contribution is -2.53. The van der Waals surface area contributed by atoms with Crippen molar-refractivity contribution in [2.45, 2.75) is 37.8 Å². The zero-order chi connectivity index (χ0) is 22.0. The van der Waals surface area contributed by atoms with Gasteiger partial charge in [0.25, 0.3) is 5.91 Å². The summed E-state index contributed by atoms with van der Waals surface area (Å²) in [6.07, 6.45) is 1.53. The number of nitrogens with one attached hydrogen (secondary N) is 2. The third-order valence-corrected chi connectivity index (χ3v) is 6.26. The highest BCUT2D eigenvalue weighted by molar-refractivity contribution is 9.10. The molecule has 4 rings (SSSR count). The normalized spacial score (nSPS) is 19.3. The maximum atomic E-state index is 12.8. The molecule has 2 aromatic rings. The number of H-pyrrole nitrogens is 1. The van der Waals surface area contributed by atoms with Gasteiger partial charge in [-0.05, 0) is 31.2 Å². The number of rotatable bonds is 3. The van der Waals surface area contributed by atoms with Crippen LogP contribution in [-0.2, 0) is 4.74 Å². The number of pyridine rings is 1. The molecule has 1 saturated heterocycles. The van der Waals surface area contributed by atoms with Crippen molar-refractivity contribution in [3.63, 3.8) is 0 Å². The number of likely N-dealkylation sites (tertiary alicyclic amines) is 1. The van der Waals surface area contributed by atoms with Gasteiger partial charge in [-0.3, -0.25) is 9.59 Å². The van der Waals surface area contributed by atoms with Crippen molar-refractivity contribution in [2.24, 2.45) is 0 Å². The molecule has 1 atom stereocenters. The molecule has 0 radical (unpaired) electrons.